The molecule has 2 N–H and O–H groups in total. The van der Waals surface area contributed by atoms with E-state index in [0.29, 0.717) is 0 Å². The Hall–Kier alpha value is -0.710. The second kappa shape index (κ2) is 6.00. The smallest absolute Gasteiger partial charge is 0.0582 e. The number of benzene rings is 1. The first-order valence-electron chi connectivity index (χ1n) is 4.90. The fourth-order valence-electron chi connectivity index (χ4n) is 1.16. The van der Waals surface area contributed by atoms with Crippen LogP contribution in [0.2, 0.25) is 0 Å². The summed E-state index contributed by atoms with van der Waals surface area (Å²) in [6.07, 6.45) is 1.67. The minimum absolute atomic E-state index is 0.102. The molecule has 0 bridgehead atoms. The zero-order valence-corrected chi connectivity index (χ0v) is 9.88. The molecule has 0 aromatic heterocycles. The molecule has 0 spiro atoms. The second-order valence-electron chi connectivity index (χ2n) is 3.56. The van der Waals surface area contributed by atoms with Gasteiger partial charge in [-0.25, -0.2) is 0 Å². The molecule has 15 heavy (non-hydrogen) atoms. The van der Waals surface area contributed by atoms with E-state index in [0.717, 1.165) is 17.0 Å². The van der Waals surface area contributed by atoms with Gasteiger partial charge in [-0.1, -0.05) is 12.1 Å². The molecule has 1 rings (SSSR count). The van der Waals surface area contributed by atoms with E-state index in [1.54, 1.807) is 6.26 Å². The summed E-state index contributed by atoms with van der Waals surface area (Å²) in [6.45, 7) is 2.78. The van der Waals surface area contributed by atoms with E-state index in [-0.39, 0.29) is 12.6 Å². The van der Waals surface area contributed by atoms with E-state index < -0.39 is 10.8 Å². The molecular formula is C11H17NO2S. The van der Waals surface area contributed by atoms with Crippen molar-refractivity contribution in [3.8, 4) is 0 Å². The largest absolute Gasteiger partial charge is 0.395 e. The quantitative estimate of drug-likeness (QED) is 0.785. The number of hydrogen-bond donors (Lipinski definition) is 2. The van der Waals surface area contributed by atoms with Crippen molar-refractivity contribution in [3.63, 3.8) is 0 Å². The van der Waals surface area contributed by atoms with Crippen LogP contribution < -0.4 is 5.32 Å². The highest BCUT2D eigenvalue weighted by Gasteiger charge is 2.00. The second-order valence-corrected chi connectivity index (χ2v) is 4.94. The molecule has 0 heterocycles. The third kappa shape index (κ3) is 4.11. The Morgan fingerprint density at radius 1 is 1.40 bits per heavy atom. The van der Waals surface area contributed by atoms with Crippen LogP contribution in [0.1, 0.15) is 12.5 Å². The van der Waals surface area contributed by atoms with Gasteiger partial charge in [-0.3, -0.25) is 4.21 Å². The number of aliphatic hydroxyl groups excluding tert-OH is 1. The predicted molar refractivity (Wildman–Crippen MR) is 62.2 cm³/mol. The monoisotopic (exact) mass is 227 g/mol. The third-order valence-corrected chi connectivity index (χ3v) is 3.12. The molecule has 1 unspecified atom stereocenters. The highest BCUT2D eigenvalue weighted by Crippen LogP contribution is 2.07. The Morgan fingerprint density at radius 2 is 2.00 bits per heavy atom. The zero-order valence-electron chi connectivity index (χ0n) is 9.06. The first-order valence-corrected chi connectivity index (χ1v) is 6.46. The number of rotatable bonds is 5. The molecule has 0 fully saturated rings. The number of aliphatic hydroxyl groups is 1. The summed E-state index contributed by atoms with van der Waals surface area (Å²) >= 11 is 0. The molecule has 0 aliphatic carbocycles. The van der Waals surface area contributed by atoms with Gasteiger partial charge in [-0.15, -0.1) is 0 Å². The van der Waals surface area contributed by atoms with E-state index in [4.69, 9.17) is 5.11 Å². The summed E-state index contributed by atoms with van der Waals surface area (Å²) < 4.78 is 11.1. The fraction of sp³-hybridized carbons (Fsp3) is 0.455. The van der Waals surface area contributed by atoms with Gasteiger partial charge < -0.3 is 10.4 Å². The molecule has 1 aromatic rings. The molecule has 0 saturated carbocycles. The van der Waals surface area contributed by atoms with Crippen molar-refractivity contribution in [3.05, 3.63) is 29.8 Å². The lowest BCUT2D eigenvalue weighted by atomic mass is 10.2. The molecule has 3 nitrogen and oxygen atoms in total. The van der Waals surface area contributed by atoms with Crippen molar-refractivity contribution in [2.45, 2.75) is 24.4 Å². The Kier molecular flexibility index (Phi) is 4.94. The Bertz CT molecular complexity index is 324. The Morgan fingerprint density at radius 3 is 2.47 bits per heavy atom. The molecule has 84 valence electrons. The van der Waals surface area contributed by atoms with Crippen molar-refractivity contribution in [1.29, 1.82) is 0 Å². The molecule has 0 amide bonds. The van der Waals surface area contributed by atoms with Gasteiger partial charge in [-0.2, -0.15) is 0 Å². The lowest BCUT2D eigenvalue weighted by Gasteiger charge is -2.10. The van der Waals surface area contributed by atoms with Crippen molar-refractivity contribution in [1.82, 2.24) is 5.32 Å². The Balaban J connectivity index is 2.53. The van der Waals surface area contributed by atoms with Gasteiger partial charge in [0.2, 0.25) is 0 Å². The average molecular weight is 227 g/mol. The van der Waals surface area contributed by atoms with Gasteiger partial charge in [0.05, 0.1) is 6.61 Å². The molecule has 0 aliphatic heterocycles. The average Bonchev–Trinajstić information content (AvgIpc) is 2.26. The molecule has 4 heteroatoms. The molecule has 0 saturated heterocycles. The fourth-order valence-corrected chi connectivity index (χ4v) is 1.67. The van der Waals surface area contributed by atoms with Crippen molar-refractivity contribution in [2.24, 2.45) is 0 Å². The highest BCUT2D eigenvalue weighted by molar-refractivity contribution is 7.84. The summed E-state index contributed by atoms with van der Waals surface area (Å²) in [4.78, 5) is 0.842. The lowest BCUT2D eigenvalue weighted by molar-refractivity contribution is 0.251. The van der Waals surface area contributed by atoms with Crippen LogP contribution in [-0.4, -0.2) is 28.2 Å². The van der Waals surface area contributed by atoms with E-state index in [1.807, 2.05) is 31.2 Å². The molecular weight excluding hydrogens is 210 g/mol. The summed E-state index contributed by atoms with van der Waals surface area (Å²) in [5.74, 6) is 0. The predicted octanol–water partition coefficient (Wildman–Crippen LogP) is 0.894. The standard InChI is InChI=1S/C11H17NO2S/c1-9(8-13)12-7-10-3-5-11(6-4-10)15(2)14/h3-6,9,12-13H,7-8H2,1-2H3/t9-,15?/m1/s1. The topological polar surface area (TPSA) is 49.3 Å². The van der Waals surface area contributed by atoms with Crippen molar-refractivity contribution in [2.75, 3.05) is 12.9 Å². The van der Waals surface area contributed by atoms with Crippen LogP contribution in [0.5, 0.6) is 0 Å². The molecule has 0 aliphatic rings. The van der Waals surface area contributed by atoms with Gasteiger partial charge in [0, 0.05) is 34.5 Å². The molecule has 0 radical (unpaired) electrons. The van der Waals surface area contributed by atoms with Crippen LogP contribution in [-0.2, 0) is 17.3 Å². The van der Waals surface area contributed by atoms with Gasteiger partial charge in [-0.05, 0) is 24.6 Å². The molecule has 2 atom stereocenters. The third-order valence-electron chi connectivity index (χ3n) is 2.18. The van der Waals surface area contributed by atoms with Crippen LogP contribution >= 0.6 is 0 Å². The van der Waals surface area contributed by atoms with Crippen LogP contribution in [0, 0.1) is 0 Å². The minimum atomic E-state index is -0.912. The van der Waals surface area contributed by atoms with Gasteiger partial charge in [0.15, 0.2) is 0 Å². The first-order chi connectivity index (χ1) is 7.13. The van der Waals surface area contributed by atoms with Crippen LogP contribution in [0.25, 0.3) is 0 Å². The van der Waals surface area contributed by atoms with Crippen LogP contribution in [0.4, 0.5) is 0 Å². The maximum Gasteiger partial charge on any atom is 0.0582 e. The maximum atomic E-state index is 11.1. The summed E-state index contributed by atoms with van der Waals surface area (Å²) in [5, 5.41) is 12.0. The summed E-state index contributed by atoms with van der Waals surface area (Å²) in [7, 11) is -0.912. The Labute approximate surface area is 93.0 Å². The summed E-state index contributed by atoms with van der Waals surface area (Å²) in [6, 6.07) is 7.75. The molecule has 1 aromatic carbocycles. The number of hydrogen-bond acceptors (Lipinski definition) is 3. The van der Waals surface area contributed by atoms with Crippen LogP contribution in [0.15, 0.2) is 29.2 Å². The SMILES string of the molecule is C[C@H](CO)NCc1ccc(S(C)=O)cc1. The van der Waals surface area contributed by atoms with Crippen molar-refractivity contribution >= 4 is 10.8 Å². The van der Waals surface area contributed by atoms with Crippen molar-refractivity contribution < 1.29 is 9.32 Å². The maximum absolute atomic E-state index is 11.1. The number of nitrogens with one attached hydrogen (secondary N) is 1. The van der Waals surface area contributed by atoms with E-state index in [2.05, 4.69) is 5.32 Å². The van der Waals surface area contributed by atoms with E-state index >= 15 is 0 Å². The normalized spacial score (nSPS) is 14.9. The minimum Gasteiger partial charge on any atom is -0.395 e. The summed E-state index contributed by atoms with van der Waals surface area (Å²) in [5.41, 5.74) is 1.13. The highest BCUT2D eigenvalue weighted by atomic mass is 32.2. The van der Waals surface area contributed by atoms with Crippen LogP contribution in [0.3, 0.4) is 0 Å². The van der Waals surface area contributed by atoms with Gasteiger partial charge in [0.25, 0.3) is 0 Å². The van der Waals surface area contributed by atoms with Gasteiger partial charge in [0.1, 0.15) is 0 Å². The zero-order chi connectivity index (χ0) is 11.3. The first kappa shape index (κ1) is 12.4. The lowest BCUT2D eigenvalue weighted by Crippen LogP contribution is -2.28. The van der Waals surface area contributed by atoms with E-state index in [1.165, 1.54) is 0 Å². The van der Waals surface area contributed by atoms with E-state index in [9.17, 15) is 4.21 Å². The van der Waals surface area contributed by atoms with Gasteiger partial charge >= 0.3 is 0 Å².